The molecule has 31 heavy (non-hydrogen) atoms. The van der Waals surface area contributed by atoms with E-state index in [0.717, 1.165) is 37.1 Å². The van der Waals surface area contributed by atoms with E-state index in [1.54, 1.807) is 13.1 Å². The third-order valence-corrected chi connectivity index (χ3v) is 4.87. The van der Waals surface area contributed by atoms with E-state index < -0.39 is 0 Å². The number of ketones is 1. The molecule has 6 heteroatoms. The number of hydrogen-bond donors (Lipinski definition) is 1. The monoisotopic (exact) mass is 416 g/mol. The first-order valence-corrected chi connectivity index (χ1v) is 10.6. The van der Waals surface area contributed by atoms with Gasteiger partial charge in [0.15, 0.2) is 5.82 Å². The minimum Gasteiger partial charge on any atom is -0.351 e. The Morgan fingerprint density at radius 1 is 0.806 bits per heavy atom. The van der Waals surface area contributed by atoms with E-state index in [1.165, 1.54) is 6.20 Å². The summed E-state index contributed by atoms with van der Waals surface area (Å²) in [5.41, 5.74) is 2.22. The average molecular weight is 417 g/mol. The fourth-order valence-corrected chi connectivity index (χ4v) is 3.27. The number of anilines is 3. The van der Waals surface area contributed by atoms with Crippen LogP contribution in [0.1, 0.15) is 49.5 Å². The highest BCUT2D eigenvalue weighted by Gasteiger charge is 2.15. The van der Waals surface area contributed by atoms with Gasteiger partial charge < -0.3 is 10.1 Å². The highest BCUT2D eigenvalue weighted by molar-refractivity contribution is 5.92. The molecule has 0 spiro atoms. The first kappa shape index (κ1) is 22.2. The summed E-state index contributed by atoms with van der Waals surface area (Å²) in [6.07, 6.45) is 7.55. The largest absolute Gasteiger partial charge is 0.351 e. The first-order chi connectivity index (χ1) is 15.1. The molecule has 0 aliphatic rings. The highest BCUT2D eigenvalue weighted by atomic mass is 16.1. The fraction of sp³-hybridized carbons (Fsp3) is 0.280. The van der Waals surface area contributed by atoms with Crippen molar-refractivity contribution < 1.29 is 9.59 Å². The summed E-state index contributed by atoms with van der Waals surface area (Å²) in [4.78, 5) is 34.2. The molecule has 0 atom stereocenters. The number of Topliss-reactive ketones (excluding diaryl/α,β-unsaturated/α-hetero) is 1. The molecule has 0 bridgehead atoms. The van der Waals surface area contributed by atoms with Crippen LogP contribution < -0.4 is 10.2 Å². The normalized spacial score (nSPS) is 10.5. The van der Waals surface area contributed by atoms with Crippen molar-refractivity contribution in [2.24, 2.45) is 0 Å². The number of rotatable bonds is 11. The summed E-state index contributed by atoms with van der Waals surface area (Å²) in [6, 6.07) is 19.8. The van der Waals surface area contributed by atoms with Crippen molar-refractivity contribution >= 4 is 28.9 Å². The third-order valence-electron chi connectivity index (χ3n) is 4.87. The average Bonchev–Trinajstić information content (AvgIpc) is 2.80. The lowest BCUT2D eigenvalue weighted by Crippen LogP contribution is -2.25. The number of unbranched alkanes of at least 4 members (excludes halogenated alkanes) is 3. The van der Waals surface area contributed by atoms with Gasteiger partial charge in [-0.3, -0.25) is 9.69 Å². The molecule has 1 amide bonds. The molecule has 0 saturated heterocycles. The SMILES string of the molecule is CC(=O)CCCCCCNC(=O)c1cnc(N(c2ccccc2)c2ccccc2)cn1. The van der Waals surface area contributed by atoms with Gasteiger partial charge in [-0.15, -0.1) is 0 Å². The lowest BCUT2D eigenvalue weighted by atomic mass is 10.1. The quantitative estimate of drug-likeness (QED) is 0.434. The molecule has 0 aliphatic heterocycles. The van der Waals surface area contributed by atoms with Crippen LogP contribution >= 0.6 is 0 Å². The number of nitrogens with zero attached hydrogens (tertiary/aromatic N) is 3. The standard InChI is InChI=1S/C25H28N4O2/c1-20(30)12-6-2-3-11-17-26-25(31)23-18-28-24(19-27-23)29(21-13-7-4-8-14-21)22-15-9-5-10-16-22/h4-5,7-10,13-16,18-19H,2-3,6,11-12,17H2,1H3,(H,26,31). The Bertz CT molecular complexity index is 920. The maximum absolute atomic E-state index is 12.4. The molecule has 0 fully saturated rings. The predicted molar refractivity (Wildman–Crippen MR) is 123 cm³/mol. The molecule has 0 saturated carbocycles. The molecule has 1 N–H and O–H groups in total. The van der Waals surface area contributed by atoms with Gasteiger partial charge in [-0.05, 0) is 44.0 Å². The second-order valence-electron chi connectivity index (χ2n) is 7.39. The van der Waals surface area contributed by atoms with Gasteiger partial charge in [0.2, 0.25) is 0 Å². The number of nitrogens with one attached hydrogen (secondary N) is 1. The molecule has 1 heterocycles. The van der Waals surface area contributed by atoms with Crippen molar-refractivity contribution in [2.45, 2.75) is 39.0 Å². The topological polar surface area (TPSA) is 75.2 Å². The molecule has 3 aromatic rings. The zero-order valence-corrected chi connectivity index (χ0v) is 17.8. The van der Waals surface area contributed by atoms with Crippen LogP contribution in [0, 0.1) is 0 Å². The minimum atomic E-state index is -0.228. The maximum atomic E-state index is 12.4. The second kappa shape index (κ2) is 11.6. The Balaban J connectivity index is 1.60. The lowest BCUT2D eigenvalue weighted by molar-refractivity contribution is -0.117. The molecular weight excluding hydrogens is 388 g/mol. The van der Waals surface area contributed by atoms with E-state index >= 15 is 0 Å². The van der Waals surface area contributed by atoms with Gasteiger partial charge in [0, 0.05) is 24.3 Å². The molecule has 0 aliphatic carbocycles. The van der Waals surface area contributed by atoms with E-state index in [9.17, 15) is 9.59 Å². The van der Waals surface area contributed by atoms with Crippen molar-refractivity contribution in [1.29, 1.82) is 0 Å². The van der Waals surface area contributed by atoms with Gasteiger partial charge in [0.25, 0.3) is 5.91 Å². The van der Waals surface area contributed by atoms with Gasteiger partial charge >= 0.3 is 0 Å². The number of carbonyl (C=O) groups is 2. The van der Waals surface area contributed by atoms with Crippen LogP contribution in [-0.2, 0) is 4.79 Å². The molecule has 0 unspecified atom stereocenters. The Kier molecular flexibility index (Phi) is 8.29. The van der Waals surface area contributed by atoms with Crippen molar-refractivity contribution in [1.82, 2.24) is 15.3 Å². The van der Waals surface area contributed by atoms with Crippen molar-refractivity contribution in [3.05, 3.63) is 78.8 Å². The molecule has 6 nitrogen and oxygen atoms in total. The van der Waals surface area contributed by atoms with E-state index in [2.05, 4.69) is 15.3 Å². The molecule has 1 aromatic heterocycles. The highest BCUT2D eigenvalue weighted by Crippen LogP contribution is 2.32. The maximum Gasteiger partial charge on any atom is 0.271 e. The van der Waals surface area contributed by atoms with Crippen LogP contribution in [0.25, 0.3) is 0 Å². The lowest BCUT2D eigenvalue weighted by Gasteiger charge is -2.23. The summed E-state index contributed by atoms with van der Waals surface area (Å²) in [7, 11) is 0. The molecule has 0 radical (unpaired) electrons. The van der Waals surface area contributed by atoms with E-state index in [0.29, 0.717) is 24.5 Å². The molecule has 3 rings (SSSR count). The van der Waals surface area contributed by atoms with Gasteiger partial charge in [0.1, 0.15) is 11.5 Å². The van der Waals surface area contributed by atoms with E-state index in [1.807, 2.05) is 65.6 Å². The Morgan fingerprint density at radius 2 is 1.42 bits per heavy atom. The predicted octanol–water partition coefficient (Wildman–Crippen LogP) is 5.22. The van der Waals surface area contributed by atoms with Gasteiger partial charge in [-0.25, -0.2) is 9.97 Å². The van der Waals surface area contributed by atoms with Crippen molar-refractivity contribution in [3.63, 3.8) is 0 Å². The molecular formula is C25H28N4O2. The van der Waals surface area contributed by atoms with Crippen LogP contribution in [0.3, 0.4) is 0 Å². The zero-order valence-electron chi connectivity index (χ0n) is 17.8. The number of amides is 1. The van der Waals surface area contributed by atoms with E-state index in [-0.39, 0.29) is 11.7 Å². The third kappa shape index (κ3) is 6.74. The number of benzene rings is 2. The van der Waals surface area contributed by atoms with Crippen molar-refractivity contribution in [2.75, 3.05) is 11.4 Å². The van der Waals surface area contributed by atoms with Crippen LogP contribution in [0.5, 0.6) is 0 Å². The number of hydrogen-bond acceptors (Lipinski definition) is 5. The Morgan fingerprint density at radius 3 is 1.97 bits per heavy atom. The minimum absolute atomic E-state index is 0.228. The Hall–Kier alpha value is -3.54. The van der Waals surface area contributed by atoms with E-state index in [4.69, 9.17) is 0 Å². The Labute approximate surface area is 183 Å². The van der Waals surface area contributed by atoms with Gasteiger partial charge in [-0.1, -0.05) is 49.2 Å². The van der Waals surface area contributed by atoms with Gasteiger partial charge in [-0.2, -0.15) is 0 Å². The fourth-order valence-electron chi connectivity index (χ4n) is 3.27. The number of carbonyl (C=O) groups excluding carboxylic acids is 2. The van der Waals surface area contributed by atoms with Crippen LogP contribution in [0.15, 0.2) is 73.1 Å². The van der Waals surface area contributed by atoms with Gasteiger partial charge in [0.05, 0.1) is 12.4 Å². The summed E-state index contributed by atoms with van der Waals surface area (Å²) in [6.45, 7) is 2.20. The van der Waals surface area contributed by atoms with Crippen LogP contribution in [-0.4, -0.2) is 28.2 Å². The first-order valence-electron chi connectivity index (χ1n) is 10.6. The summed E-state index contributed by atoms with van der Waals surface area (Å²) >= 11 is 0. The van der Waals surface area contributed by atoms with Crippen molar-refractivity contribution in [3.8, 4) is 0 Å². The molecule has 160 valence electrons. The number of para-hydroxylation sites is 2. The summed E-state index contributed by atoms with van der Waals surface area (Å²) < 4.78 is 0. The molecule has 2 aromatic carbocycles. The second-order valence-corrected chi connectivity index (χ2v) is 7.39. The smallest absolute Gasteiger partial charge is 0.271 e. The van der Waals surface area contributed by atoms with Crippen LogP contribution in [0.2, 0.25) is 0 Å². The summed E-state index contributed by atoms with van der Waals surface area (Å²) in [5, 5.41) is 2.89. The summed E-state index contributed by atoms with van der Waals surface area (Å²) in [5.74, 6) is 0.640. The zero-order chi connectivity index (χ0) is 21.9. The van der Waals surface area contributed by atoms with Crippen LogP contribution in [0.4, 0.5) is 17.2 Å². The number of aromatic nitrogens is 2.